The average molecular weight is 363 g/mol. The summed E-state index contributed by atoms with van der Waals surface area (Å²) in [6.45, 7) is 1.71. The van der Waals surface area contributed by atoms with Gasteiger partial charge in [-0.05, 0) is 12.1 Å². The third kappa shape index (κ3) is 3.41. The van der Waals surface area contributed by atoms with Gasteiger partial charge >= 0.3 is 0 Å². The van der Waals surface area contributed by atoms with E-state index in [1.54, 1.807) is 29.0 Å². The summed E-state index contributed by atoms with van der Waals surface area (Å²) in [7, 11) is 1.69. The molecule has 1 aliphatic heterocycles. The van der Waals surface area contributed by atoms with Crippen molar-refractivity contribution in [3.8, 4) is 5.69 Å². The number of pyridine rings is 1. The lowest BCUT2D eigenvalue weighted by Crippen LogP contribution is -2.36. The van der Waals surface area contributed by atoms with E-state index in [1.165, 1.54) is 0 Å². The molecule has 0 spiro atoms. The van der Waals surface area contributed by atoms with Crippen molar-refractivity contribution < 1.29 is 4.79 Å². The molecule has 0 saturated heterocycles. The van der Waals surface area contributed by atoms with Crippen molar-refractivity contribution in [2.24, 2.45) is 0 Å². The molecule has 2 aromatic heterocycles. The van der Waals surface area contributed by atoms with Crippen LogP contribution >= 0.6 is 0 Å². The number of para-hydroxylation sites is 1. The molecule has 0 unspecified atom stereocenters. The van der Waals surface area contributed by atoms with Crippen molar-refractivity contribution >= 4 is 5.91 Å². The second kappa shape index (κ2) is 7.20. The summed E-state index contributed by atoms with van der Waals surface area (Å²) in [4.78, 5) is 30.1. The fourth-order valence-electron chi connectivity index (χ4n) is 3.32. The summed E-state index contributed by atoms with van der Waals surface area (Å²) >= 11 is 0. The number of H-pyrrole nitrogens is 1. The van der Waals surface area contributed by atoms with Crippen LogP contribution < -0.4 is 10.7 Å². The van der Waals surface area contributed by atoms with Gasteiger partial charge in [-0.2, -0.15) is 5.10 Å². The third-order valence-corrected chi connectivity index (χ3v) is 4.78. The molecule has 0 atom stereocenters. The summed E-state index contributed by atoms with van der Waals surface area (Å²) in [5.74, 6) is -0.294. The van der Waals surface area contributed by atoms with E-state index in [4.69, 9.17) is 0 Å². The second-order valence-electron chi connectivity index (χ2n) is 6.71. The number of hydrogen-bond acceptors (Lipinski definition) is 4. The number of aromatic amines is 1. The quantitative estimate of drug-likeness (QED) is 0.736. The molecule has 138 valence electrons. The fraction of sp³-hybridized carbons (Fsp3) is 0.250. The molecule has 0 aliphatic carbocycles. The predicted molar refractivity (Wildman–Crippen MR) is 102 cm³/mol. The van der Waals surface area contributed by atoms with Crippen LogP contribution in [0.1, 0.15) is 27.2 Å². The zero-order valence-corrected chi connectivity index (χ0v) is 15.1. The van der Waals surface area contributed by atoms with Gasteiger partial charge in [-0.25, -0.2) is 4.68 Å². The first-order valence-corrected chi connectivity index (χ1v) is 8.92. The molecule has 1 aliphatic rings. The van der Waals surface area contributed by atoms with Crippen LogP contribution in [-0.2, 0) is 19.5 Å². The number of carbonyl (C=O) groups is 1. The Labute approximate surface area is 156 Å². The van der Waals surface area contributed by atoms with E-state index in [0.717, 1.165) is 29.9 Å². The van der Waals surface area contributed by atoms with Gasteiger partial charge in [-0.1, -0.05) is 18.2 Å². The minimum Gasteiger partial charge on any atom is -0.364 e. The Morgan fingerprint density at radius 1 is 1.30 bits per heavy atom. The summed E-state index contributed by atoms with van der Waals surface area (Å²) in [5.41, 5.74) is 3.42. The number of nitrogens with one attached hydrogen (secondary N) is 2. The van der Waals surface area contributed by atoms with Crippen LogP contribution in [-0.4, -0.2) is 39.2 Å². The van der Waals surface area contributed by atoms with Gasteiger partial charge in [-0.3, -0.25) is 9.59 Å². The monoisotopic (exact) mass is 363 g/mol. The Kier molecular flexibility index (Phi) is 4.60. The first-order valence-electron chi connectivity index (χ1n) is 8.92. The Bertz CT molecular complexity index is 1020. The van der Waals surface area contributed by atoms with E-state index in [9.17, 15) is 9.59 Å². The number of fused-ring (bicyclic) bond motifs is 1. The van der Waals surface area contributed by atoms with Gasteiger partial charge in [0.05, 0.1) is 11.9 Å². The number of hydrogen-bond donors (Lipinski definition) is 2. The third-order valence-electron chi connectivity index (χ3n) is 4.78. The molecule has 1 aromatic carbocycles. The van der Waals surface area contributed by atoms with Crippen molar-refractivity contribution in [2.45, 2.75) is 19.5 Å². The highest BCUT2D eigenvalue weighted by Gasteiger charge is 2.21. The van der Waals surface area contributed by atoms with E-state index in [0.29, 0.717) is 18.7 Å². The van der Waals surface area contributed by atoms with E-state index >= 15 is 0 Å². The molecular formula is C20H21N5O2. The Balaban J connectivity index is 1.52. The highest BCUT2D eigenvalue weighted by atomic mass is 16.2. The highest BCUT2D eigenvalue weighted by molar-refractivity contribution is 5.93. The molecule has 0 fully saturated rings. The number of aromatic nitrogens is 3. The van der Waals surface area contributed by atoms with Crippen LogP contribution in [0.5, 0.6) is 0 Å². The standard InChI is InChI=1S/C20H21N5O2/c1-24(12-14-9-23-25(13-14)15-5-3-2-4-6-15)20(27)17-11-22-18-7-8-21-10-16(18)19(17)26/h2-6,9,11,13,21H,7-8,10,12H2,1H3,(H,22,26). The minimum absolute atomic E-state index is 0.176. The number of carbonyl (C=O) groups excluding carboxylic acids is 1. The van der Waals surface area contributed by atoms with Crippen molar-refractivity contribution in [1.82, 2.24) is 25.0 Å². The summed E-state index contributed by atoms with van der Waals surface area (Å²) in [6, 6.07) is 9.78. The molecule has 0 bridgehead atoms. The van der Waals surface area contributed by atoms with Gasteiger partial charge in [0.25, 0.3) is 5.91 Å². The maximum atomic E-state index is 12.8. The zero-order valence-electron chi connectivity index (χ0n) is 15.1. The molecule has 7 heteroatoms. The molecule has 2 N–H and O–H groups in total. The summed E-state index contributed by atoms with van der Waals surface area (Å²) in [5, 5.41) is 7.53. The zero-order chi connectivity index (χ0) is 18.8. The van der Waals surface area contributed by atoms with Crippen LogP contribution in [0, 0.1) is 0 Å². The van der Waals surface area contributed by atoms with Crippen LogP contribution in [0.15, 0.2) is 53.7 Å². The van der Waals surface area contributed by atoms with Gasteiger partial charge < -0.3 is 15.2 Å². The highest BCUT2D eigenvalue weighted by Crippen LogP contribution is 2.12. The molecule has 3 aromatic rings. The SMILES string of the molecule is CN(Cc1cnn(-c2ccccc2)c1)C(=O)c1c[nH]c2c(c1=O)CNCC2. The largest absolute Gasteiger partial charge is 0.364 e. The van der Waals surface area contributed by atoms with Gasteiger partial charge in [-0.15, -0.1) is 0 Å². The first kappa shape index (κ1) is 17.2. The second-order valence-corrected chi connectivity index (χ2v) is 6.71. The number of nitrogens with zero attached hydrogens (tertiary/aromatic N) is 3. The molecule has 0 radical (unpaired) electrons. The van der Waals surface area contributed by atoms with Crippen molar-refractivity contribution in [1.29, 1.82) is 0 Å². The normalized spacial score (nSPS) is 13.2. The van der Waals surface area contributed by atoms with E-state index in [-0.39, 0.29) is 16.9 Å². The number of amides is 1. The van der Waals surface area contributed by atoms with E-state index in [2.05, 4.69) is 15.4 Å². The lowest BCUT2D eigenvalue weighted by Gasteiger charge is -2.19. The topological polar surface area (TPSA) is 83.0 Å². The van der Waals surface area contributed by atoms with Gasteiger partial charge in [0, 0.05) is 62.3 Å². The maximum absolute atomic E-state index is 12.8. The Morgan fingerprint density at radius 2 is 2.11 bits per heavy atom. The smallest absolute Gasteiger partial charge is 0.259 e. The minimum atomic E-state index is -0.294. The lowest BCUT2D eigenvalue weighted by molar-refractivity contribution is 0.0783. The molecule has 3 heterocycles. The summed E-state index contributed by atoms with van der Waals surface area (Å²) < 4.78 is 1.77. The van der Waals surface area contributed by atoms with E-state index in [1.807, 2.05) is 36.5 Å². The first-order chi connectivity index (χ1) is 13.1. The van der Waals surface area contributed by atoms with Crippen molar-refractivity contribution in [3.63, 3.8) is 0 Å². The Hall–Kier alpha value is -3.19. The number of rotatable bonds is 4. The van der Waals surface area contributed by atoms with Gasteiger partial charge in [0.1, 0.15) is 5.56 Å². The average Bonchev–Trinajstić information content (AvgIpc) is 3.17. The van der Waals surface area contributed by atoms with Crippen LogP contribution in [0.25, 0.3) is 5.69 Å². The molecule has 1 amide bonds. The van der Waals surface area contributed by atoms with Gasteiger partial charge in [0.2, 0.25) is 0 Å². The van der Waals surface area contributed by atoms with Crippen LogP contribution in [0.2, 0.25) is 0 Å². The maximum Gasteiger partial charge on any atom is 0.259 e. The van der Waals surface area contributed by atoms with Crippen molar-refractivity contribution in [3.05, 3.63) is 81.5 Å². The van der Waals surface area contributed by atoms with E-state index < -0.39 is 0 Å². The molecule has 27 heavy (non-hydrogen) atoms. The fourth-order valence-corrected chi connectivity index (χ4v) is 3.32. The molecule has 7 nitrogen and oxygen atoms in total. The van der Waals surface area contributed by atoms with Crippen molar-refractivity contribution in [2.75, 3.05) is 13.6 Å². The molecule has 0 saturated carbocycles. The molecular weight excluding hydrogens is 342 g/mol. The number of benzene rings is 1. The predicted octanol–water partition coefficient (Wildman–Crippen LogP) is 1.48. The lowest BCUT2D eigenvalue weighted by atomic mass is 10.0. The summed E-state index contributed by atoms with van der Waals surface area (Å²) in [6.07, 6.45) is 5.93. The van der Waals surface area contributed by atoms with Gasteiger partial charge in [0.15, 0.2) is 5.43 Å². The molecule has 4 rings (SSSR count). The van der Waals surface area contributed by atoms with Crippen LogP contribution in [0.3, 0.4) is 0 Å². The Morgan fingerprint density at radius 3 is 2.93 bits per heavy atom. The van der Waals surface area contributed by atoms with Crippen LogP contribution in [0.4, 0.5) is 0 Å².